The minimum absolute atomic E-state index is 0.0123. The Morgan fingerprint density at radius 1 is 1.07 bits per heavy atom. The van der Waals surface area contributed by atoms with Crippen LogP contribution < -0.4 is 5.32 Å². The lowest BCUT2D eigenvalue weighted by Gasteiger charge is -2.09. The predicted molar refractivity (Wildman–Crippen MR) is 117 cm³/mol. The van der Waals surface area contributed by atoms with E-state index in [1.165, 1.54) is 5.56 Å². The van der Waals surface area contributed by atoms with Gasteiger partial charge in [0.25, 0.3) is 0 Å². The standard InChI is InChI=1S/C23H23ClN4O/c1-16-13-17(2)28(26-16)21-7-3-18(4-8-21)9-11-25-23(29)15-27-12-10-19-5-6-20(24)14-22(19)27/h3-8,10,12-14H,9,11,15H2,1-2H3,(H,25,29). The number of fused-ring (bicyclic) bond motifs is 1. The number of hydrogen-bond acceptors (Lipinski definition) is 2. The molecule has 0 fully saturated rings. The molecule has 29 heavy (non-hydrogen) atoms. The van der Waals surface area contributed by atoms with E-state index in [1.54, 1.807) is 0 Å². The Bertz CT molecular complexity index is 1160. The number of amides is 1. The van der Waals surface area contributed by atoms with Gasteiger partial charge in [0, 0.05) is 29.0 Å². The Kier molecular flexibility index (Phi) is 5.41. The zero-order chi connectivity index (χ0) is 20.4. The van der Waals surface area contributed by atoms with Gasteiger partial charge in [-0.1, -0.05) is 29.8 Å². The lowest BCUT2D eigenvalue weighted by Crippen LogP contribution is -2.29. The molecule has 2 aromatic heterocycles. The fourth-order valence-corrected chi connectivity index (χ4v) is 3.71. The number of aryl methyl sites for hydroxylation is 2. The first-order chi connectivity index (χ1) is 14.0. The van der Waals surface area contributed by atoms with Crippen molar-refractivity contribution in [1.82, 2.24) is 19.7 Å². The quantitative estimate of drug-likeness (QED) is 0.514. The summed E-state index contributed by atoms with van der Waals surface area (Å²) in [4.78, 5) is 12.3. The molecule has 0 saturated heterocycles. The highest BCUT2D eigenvalue weighted by atomic mass is 35.5. The minimum Gasteiger partial charge on any atom is -0.354 e. The zero-order valence-electron chi connectivity index (χ0n) is 16.5. The average molecular weight is 407 g/mol. The first-order valence-electron chi connectivity index (χ1n) is 9.63. The molecule has 0 radical (unpaired) electrons. The molecule has 1 N–H and O–H groups in total. The van der Waals surface area contributed by atoms with E-state index < -0.39 is 0 Å². The molecule has 1 amide bonds. The third kappa shape index (κ3) is 4.35. The second-order valence-electron chi connectivity index (χ2n) is 7.25. The zero-order valence-corrected chi connectivity index (χ0v) is 17.3. The largest absolute Gasteiger partial charge is 0.354 e. The molecule has 0 saturated carbocycles. The highest BCUT2D eigenvalue weighted by molar-refractivity contribution is 6.31. The normalized spacial score (nSPS) is 11.1. The van der Waals surface area contributed by atoms with Crippen LogP contribution in [-0.2, 0) is 17.8 Å². The molecule has 0 spiro atoms. The van der Waals surface area contributed by atoms with Gasteiger partial charge < -0.3 is 9.88 Å². The van der Waals surface area contributed by atoms with E-state index in [-0.39, 0.29) is 12.5 Å². The molecule has 6 heteroatoms. The molecule has 0 aliphatic carbocycles. The van der Waals surface area contributed by atoms with Crippen molar-refractivity contribution >= 4 is 28.4 Å². The van der Waals surface area contributed by atoms with Crippen molar-refractivity contribution in [3.63, 3.8) is 0 Å². The molecular formula is C23H23ClN4O. The highest BCUT2D eigenvalue weighted by Gasteiger charge is 2.07. The van der Waals surface area contributed by atoms with Crippen LogP contribution in [0.5, 0.6) is 0 Å². The van der Waals surface area contributed by atoms with Crippen LogP contribution in [0.25, 0.3) is 16.6 Å². The third-order valence-corrected chi connectivity index (χ3v) is 5.21. The third-order valence-electron chi connectivity index (χ3n) is 4.98. The summed E-state index contributed by atoms with van der Waals surface area (Å²) in [5.41, 5.74) is 5.30. The lowest BCUT2D eigenvalue weighted by molar-refractivity contribution is -0.121. The van der Waals surface area contributed by atoms with Crippen molar-refractivity contribution in [2.24, 2.45) is 0 Å². The number of carbonyl (C=O) groups excluding carboxylic acids is 1. The van der Waals surface area contributed by atoms with E-state index in [0.29, 0.717) is 11.6 Å². The van der Waals surface area contributed by atoms with Crippen molar-refractivity contribution in [3.05, 3.63) is 82.8 Å². The van der Waals surface area contributed by atoms with E-state index in [2.05, 4.69) is 40.7 Å². The van der Waals surface area contributed by atoms with Gasteiger partial charge in [-0.05, 0) is 67.6 Å². The molecule has 5 nitrogen and oxygen atoms in total. The molecule has 2 aromatic carbocycles. The van der Waals surface area contributed by atoms with E-state index in [1.807, 2.05) is 53.6 Å². The summed E-state index contributed by atoms with van der Waals surface area (Å²) in [6, 6.07) is 18.0. The van der Waals surface area contributed by atoms with Gasteiger partial charge in [-0.25, -0.2) is 4.68 Å². The summed E-state index contributed by atoms with van der Waals surface area (Å²) in [6.07, 6.45) is 2.69. The van der Waals surface area contributed by atoms with Crippen molar-refractivity contribution in [1.29, 1.82) is 0 Å². The molecule has 0 bridgehead atoms. The Morgan fingerprint density at radius 2 is 1.86 bits per heavy atom. The van der Waals surface area contributed by atoms with Gasteiger partial charge in [0.2, 0.25) is 5.91 Å². The number of hydrogen-bond donors (Lipinski definition) is 1. The van der Waals surface area contributed by atoms with Crippen LogP contribution in [0.15, 0.2) is 60.8 Å². The number of benzene rings is 2. The maximum atomic E-state index is 12.3. The molecule has 0 unspecified atom stereocenters. The second-order valence-corrected chi connectivity index (χ2v) is 7.69. The van der Waals surface area contributed by atoms with Crippen LogP contribution in [0.4, 0.5) is 0 Å². The van der Waals surface area contributed by atoms with Gasteiger partial charge >= 0.3 is 0 Å². The Labute approximate surface area is 174 Å². The SMILES string of the molecule is Cc1cc(C)n(-c2ccc(CCNC(=O)Cn3ccc4ccc(Cl)cc43)cc2)n1. The van der Waals surface area contributed by atoms with Gasteiger partial charge in [0.1, 0.15) is 6.54 Å². The number of aromatic nitrogens is 3. The molecule has 148 valence electrons. The molecule has 0 aliphatic heterocycles. The summed E-state index contributed by atoms with van der Waals surface area (Å²) in [6.45, 7) is 4.91. The van der Waals surface area contributed by atoms with Gasteiger partial charge in [-0.3, -0.25) is 4.79 Å². The van der Waals surface area contributed by atoms with Crippen molar-refractivity contribution < 1.29 is 4.79 Å². The Morgan fingerprint density at radius 3 is 2.59 bits per heavy atom. The molecule has 2 heterocycles. The number of halogens is 1. The van der Waals surface area contributed by atoms with Crippen molar-refractivity contribution in [3.8, 4) is 5.69 Å². The van der Waals surface area contributed by atoms with Crippen LogP contribution in [-0.4, -0.2) is 26.8 Å². The monoisotopic (exact) mass is 406 g/mol. The van der Waals surface area contributed by atoms with E-state index in [0.717, 1.165) is 34.4 Å². The van der Waals surface area contributed by atoms with Crippen LogP contribution in [0.2, 0.25) is 5.02 Å². The van der Waals surface area contributed by atoms with Crippen LogP contribution >= 0.6 is 11.6 Å². The Balaban J connectivity index is 1.32. The van der Waals surface area contributed by atoms with Crippen LogP contribution in [0, 0.1) is 13.8 Å². The molecule has 4 rings (SSSR count). The first-order valence-corrected chi connectivity index (χ1v) is 10.0. The first kappa shape index (κ1) is 19.3. The molecule has 0 atom stereocenters. The summed E-state index contributed by atoms with van der Waals surface area (Å²) < 4.78 is 3.86. The lowest BCUT2D eigenvalue weighted by atomic mass is 10.1. The number of carbonyl (C=O) groups is 1. The second kappa shape index (κ2) is 8.13. The average Bonchev–Trinajstić information content (AvgIpc) is 3.24. The maximum Gasteiger partial charge on any atom is 0.239 e. The molecule has 0 aliphatic rings. The van der Waals surface area contributed by atoms with E-state index >= 15 is 0 Å². The van der Waals surface area contributed by atoms with Crippen LogP contribution in [0.3, 0.4) is 0 Å². The maximum absolute atomic E-state index is 12.3. The van der Waals surface area contributed by atoms with Crippen molar-refractivity contribution in [2.45, 2.75) is 26.8 Å². The summed E-state index contributed by atoms with van der Waals surface area (Å²) in [7, 11) is 0. The van der Waals surface area contributed by atoms with E-state index in [9.17, 15) is 4.79 Å². The Hall–Kier alpha value is -3.05. The summed E-state index contributed by atoms with van der Waals surface area (Å²) in [5.74, 6) is -0.0123. The van der Waals surface area contributed by atoms with Gasteiger partial charge in [0.05, 0.1) is 11.4 Å². The fourth-order valence-electron chi connectivity index (χ4n) is 3.55. The highest BCUT2D eigenvalue weighted by Crippen LogP contribution is 2.20. The molecular weight excluding hydrogens is 384 g/mol. The minimum atomic E-state index is -0.0123. The van der Waals surface area contributed by atoms with Crippen LogP contribution in [0.1, 0.15) is 17.0 Å². The number of nitrogens with zero attached hydrogens (tertiary/aromatic N) is 3. The van der Waals surface area contributed by atoms with Gasteiger partial charge in [-0.15, -0.1) is 0 Å². The molecule has 4 aromatic rings. The van der Waals surface area contributed by atoms with Crippen molar-refractivity contribution in [2.75, 3.05) is 6.54 Å². The number of nitrogens with one attached hydrogen (secondary N) is 1. The fraction of sp³-hybridized carbons (Fsp3) is 0.217. The summed E-state index contributed by atoms with van der Waals surface area (Å²) >= 11 is 6.08. The van der Waals surface area contributed by atoms with E-state index in [4.69, 9.17) is 11.6 Å². The van der Waals surface area contributed by atoms with Gasteiger partial charge in [0.15, 0.2) is 0 Å². The predicted octanol–water partition coefficient (Wildman–Crippen LogP) is 4.46. The topological polar surface area (TPSA) is 51.9 Å². The summed E-state index contributed by atoms with van der Waals surface area (Å²) in [5, 5.41) is 9.25. The smallest absolute Gasteiger partial charge is 0.239 e. The van der Waals surface area contributed by atoms with Gasteiger partial charge in [-0.2, -0.15) is 5.10 Å². The number of rotatable bonds is 6.